The van der Waals surface area contributed by atoms with Crippen molar-refractivity contribution < 1.29 is 32.2 Å². The zero-order chi connectivity index (χ0) is 18.6. The maximum absolute atomic E-state index is 12.7. The lowest BCUT2D eigenvalue weighted by atomic mass is 9.98. The van der Waals surface area contributed by atoms with Gasteiger partial charge in [0.2, 0.25) is 11.8 Å². The van der Waals surface area contributed by atoms with Crippen molar-refractivity contribution in [1.29, 1.82) is 0 Å². The molecule has 0 radical (unpaired) electrons. The van der Waals surface area contributed by atoms with Gasteiger partial charge in [-0.05, 0) is 18.9 Å². The molecule has 9 heteroatoms. The quantitative estimate of drug-likeness (QED) is 0.811. The highest BCUT2D eigenvalue weighted by molar-refractivity contribution is 5.79. The first-order chi connectivity index (χ1) is 12.4. The van der Waals surface area contributed by atoms with Gasteiger partial charge in [-0.3, -0.25) is 4.79 Å². The van der Waals surface area contributed by atoms with E-state index in [4.69, 9.17) is 14.2 Å². The van der Waals surface area contributed by atoms with Crippen molar-refractivity contribution in [1.82, 2.24) is 9.88 Å². The fourth-order valence-corrected chi connectivity index (χ4v) is 3.04. The predicted octanol–water partition coefficient (Wildman–Crippen LogP) is 2.13. The van der Waals surface area contributed by atoms with Gasteiger partial charge in [-0.25, -0.2) is 4.98 Å². The van der Waals surface area contributed by atoms with E-state index in [1.165, 1.54) is 6.07 Å². The summed E-state index contributed by atoms with van der Waals surface area (Å²) >= 11 is 0. The minimum Gasteiger partial charge on any atom is -0.470 e. The summed E-state index contributed by atoms with van der Waals surface area (Å²) in [6.45, 7) is 2.59. The number of pyridine rings is 1. The van der Waals surface area contributed by atoms with Crippen molar-refractivity contribution >= 4 is 5.91 Å². The zero-order valence-corrected chi connectivity index (χ0v) is 14.2. The van der Waals surface area contributed by atoms with Crippen molar-refractivity contribution in [3.05, 3.63) is 23.9 Å². The Balaban J connectivity index is 1.61. The molecular formula is C17H21F3N2O4. The van der Waals surface area contributed by atoms with Gasteiger partial charge in [-0.1, -0.05) is 0 Å². The highest BCUT2D eigenvalue weighted by Crippen LogP contribution is 2.29. The van der Waals surface area contributed by atoms with Crippen LogP contribution in [-0.4, -0.2) is 61.4 Å². The number of nitrogens with zero attached hydrogens (tertiary/aromatic N) is 2. The number of aromatic nitrogens is 1. The molecule has 0 spiro atoms. The summed E-state index contributed by atoms with van der Waals surface area (Å²) in [7, 11) is 0. The van der Waals surface area contributed by atoms with Gasteiger partial charge in [0.25, 0.3) is 0 Å². The molecule has 0 aromatic carbocycles. The van der Waals surface area contributed by atoms with Gasteiger partial charge < -0.3 is 19.1 Å². The van der Waals surface area contributed by atoms with Gasteiger partial charge in [0, 0.05) is 37.9 Å². The van der Waals surface area contributed by atoms with Gasteiger partial charge in [0.15, 0.2) is 0 Å². The summed E-state index contributed by atoms with van der Waals surface area (Å²) < 4.78 is 54.2. The van der Waals surface area contributed by atoms with Gasteiger partial charge >= 0.3 is 6.18 Å². The average Bonchev–Trinajstić information content (AvgIpc) is 2.87. The van der Waals surface area contributed by atoms with Gasteiger partial charge in [0.05, 0.1) is 25.3 Å². The molecule has 6 nitrogen and oxygen atoms in total. The van der Waals surface area contributed by atoms with E-state index < -0.39 is 17.8 Å². The Morgan fingerprint density at radius 1 is 1.19 bits per heavy atom. The van der Waals surface area contributed by atoms with Crippen molar-refractivity contribution in [2.45, 2.75) is 25.1 Å². The van der Waals surface area contributed by atoms with E-state index in [9.17, 15) is 18.0 Å². The largest absolute Gasteiger partial charge is 0.470 e. The molecule has 0 unspecified atom stereocenters. The number of carbonyl (C=O) groups excluding carboxylic acids is 1. The molecule has 26 heavy (non-hydrogen) atoms. The molecule has 0 aliphatic carbocycles. The fraction of sp³-hybridized carbons (Fsp3) is 0.647. The molecule has 1 aromatic heterocycles. The number of amides is 1. The molecule has 3 heterocycles. The van der Waals surface area contributed by atoms with Crippen LogP contribution in [-0.2, 0) is 20.4 Å². The number of hydrogen-bond donors (Lipinski definition) is 0. The molecule has 2 aliphatic rings. The molecular weight excluding hydrogens is 353 g/mol. The zero-order valence-electron chi connectivity index (χ0n) is 14.2. The Labute approximate surface area is 149 Å². The molecule has 1 aromatic rings. The second-order valence-electron chi connectivity index (χ2n) is 6.37. The Morgan fingerprint density at radius 2 is 1.96 bits per heavy atom. The maximum Gasteiger partial charge on any atom is 0.417 e. The van der Waals surface area contributed by atoms with Crippen LogP contribution in [0.5, 0.6) is 5.88 Å². The predicted molar refractivity (Wildman–Crippen MR) is 84.6 cm³/mol. The van der Waals surface area contributed by atoms with Crippen LogP contribution < -0.4 is 4.74 Å². The Morgan fingerprint density at radius 3 is 2.62 bits per heavy atom. The van der Waals surface area contributed by atoms with Crippen LogP contribution in [0.4, 0.5) is 13.2 Å². The van der Waals surface area contributed by atoms with Crippen LogP contribution in [0.1, 0.15) is 18.4 Å². The van der Waals surface area contributed by atoms with E-state index in [1.807, 2.05) is 0 Å². The number of alkyl halides is 3. The number of hydrogen-bond acceptors (Lipinski definition) is 5. The molecule has 1 amide bonds. The summed E-state index contributed by atoms with van der Waals surface area (Å²) in [6, 6.07) is 2.10. The first-order valence-electron chi connectivity index (χ1n) is 8.57. The van der Waals surface area contributed by atoms with Gasteiger partial charge in [-0.15, -0.1) is 0 Å². The molecule has 1 atom stereocenters. The van der Waals surface area contributed by atoms with Crippen molar-refractivity contribution in [2.24, 2.45) is 5.92 Å². The van der Waals surface area contributed by atoms with Crippen molar-refractivity contribution in [3.63, 3.8) is 0 Å². The number of carbonyl (C=O) groups is 1. The molecule has 0 N–H and O–H groups in total. The van der Waals surface area contributed by atoms with Crippen LogP contribution in [0.3, 0.4) is 0 Å². The number of ether oxygens (including phenoxy) is 3. The average molecular weight is 374 g/mol. The van der Waals surface area contributed by atoms with Gasteiger partial charge in [0.1, 0.15) is 6.10 Å². The second-order valence-corrected chi connectivity index (χ2v) is 6.37. The monoisotopic (exact) mass is 374 g/mol. The minimum atomic E-state index is -4.44. The van der Waals surface area contributed by atoms with E-state index in [-0.39, 0.29) is 24.3 Å². The van der Waals surface area contributed by atoms with E-state index in [0.717, 1.165) is 12.3 Å². The summed E-state index contributed by atoms with van der Waals surface area (Å²) in [6.07, 6.45) is -2.79. The highest BCUT2D eigenvalue weighted by atomic mass is 19.4. The first-order valence-corrected chi connectivity index (χ1v) is 8.57. The normalized spacial score (nSPS) is 22.7. The third kappa shape index (κ3) is 4.85. The molecule has 2 saturated heterocycles. The summed E-state index contributed by atoms with van der Waals surface area (Å²) in [5.74, 6) is 0.0615. The Bertz CT molecular complexity index is 603. The Kier molecular flexibility index (Phi) is 5.98. The minimum absolute atomic E-state index is 0.0489. The first kappa shape index (κ1) is 18.9. The lowest BCUT2D eigenvalue weighted by molar-refractivity contribution is -0.139. The summed E-state index contributed by atoms with van der Waals surface area (Å²) in [4.78, 5) is 18.1. The van der Waals surface area contributed by atoms with E-state index in [0.29, 0.717) is 45.8 Å². The summed E-state index contributed by atoms with van der Waals surface area (Å²) in [5, 5.41) is 0. The van der Waals surface area contributed by atoms with Crippen molar-refractivity contribution in [2.75, 3.05) is 39.5 Å². The standard InChI is InChI=1S/C17H21F3N2O4/c18-17(19,20)13-1-2-15(21-9-13)26-14-10-22(5-8-25-11-14)16(23)12-3-6-24-7-4-12/h1-2,9,12,14H,3-8,10-11H2/t14-/m1/s1. The molecule has 144 valence electrons. The SMILES string of the molecule is O=C(C1CCOCC1)N1CCOC[C@H](Oc2ccc(C(F)(F)F)cn2)C1. The van der Waals surface area contributed by atoms with E-state index in [2.05, 4.69) is 4.98 Å². The molecule has 3 rings (SSSR count). The number of rotatable bonds is 3. The van der Waals surface area contributed by atoms with Crippen LogP contribution in [0.25, 0.3) is 0 Å². The van der Waals surface area contributed by atoms with E-state index in [1.54, 1.807) is 4.90 Å². The number of halogens is 3. The third-order valence-electron chi connectivity index (χ3n) is 4.47. The molecule has 0 saturated carbocycles. The lowest BCUT2D eigenvalue weighted by Gasteiger charge is -2.29. The van der Waals surface area contributed by atoms with Crippen molar-refractivity contribution in [3.8, 4) is 5.88 Å². The lowest BCUT2D eigenvalue weighted by Crippen LogP contribution is -2.44. The summed E-state index contributed by atoms with van der Waals surface area (Å²) in [5.41, 5.74) is -0.835. The highest BCUT2D eigenvalue weighted by Gasteiger charge is 2.32. The molecule has 2 fully saturated rings. The van der Waals surface area contributed by atoms with Crippen LogP contribution in [0.2, 0.25) is 0 Å². The maximum atomic E-state index is 12.7. The second kappa shape index (κ2) is 8.22. The van der Waals surface area contributed by atoms with Gasteiger partial charge in [-0.2, -0.15) is 13.2 Å². The van der Waals surface area contributed by atoms with Crippen LogP contribution >= 0.6 is 0 Å². The molecule has 0 bridgehead atoms. The topological polar surface area (TPSA) is 60.9 Å². The van der Waals surface area contributed by atoms with E-state index >= 15 is 0 Å². The third-order valence-corrected chi connectivity index (χ3v) is 4.47. The fourth-order valence-electron chi connectivity index (χ4n) is 3.04. The smallest absolute Gasteiger partial charge is 0.417 e. The van der Waals surface area contributed by atoms with Crippen LogP contribution in [0, 0.1) is 5.92 Å². The molecule has 2 aliphatic heterocycles. The van der Waals surface area contributed by atoms with Crippen LogP contribution in [0.15, 0.2) is 18.3 Å². The Hall–Kier alpha value is -1.87.